The largest absolute Gasteiger partial charge is 0.439 e. The monoisotopic (exact) mass is 257 g/mol. The van der Waals surface area contributed by atoms with Crippen LogP contribution >= 0.6 is 0 Å². The van der Waals surface area contributed by atoms with E-state index >= 15 is 0 Å². The number of primary amides is 1. The molecule has 0 saturated heterocycles. The summed E-state index contributed by atoms with van der Waals surface area (Å²) in [4.78, 5) is 15.2. The number of aromatic nitrogens is 1. The van der Waals surface area contributed by atoms with Crippen molar-refractivity contribution in [3.05, 3.63) is 53.2 Å². The van der Waals surface area contributed by atoms with Crippen molar-refractivity contribution in [3.63, 3.8) is 0 Å². The van der Waals surface area contributed by atoms with E-state index in [0.29, 0.717) is 23.7 Å². The number of pyridine rings is 1. The second-order valence-electron chi connectivity index (χ2n) is 4.16. The van der Waals surface area contributed by atoms with Gasteiger partial charge in [0.25, 0.3) is 0 Å². The minimum Gasteiger partial charge on any atom is -0.439 e. The molecule has 0 unspecified atom stereocenters. The first kappa shape index (κ1) is 13.0. The Balaban J connectivity index is 2.19. The van der Waals surface area contributed by atoms with Crippen LogP contribution in [0.15, 0.2) is 36.5 Å². The van der Waals surface area contributed by atoms with Crippen LogP contribution in [0.5, 0.6) is 11.6 Å². The second kappa shape index (κ2) is 5.49. The number of hydrogen-bond acceptors (Lipinski definition) is 4. The molecule has 0 fully saturated rings. The average molecular weight is 257 g/mol. The lowest BCUT2D eigenvalue weighted by Gasteiger charge is -2.08. The van der Waals surface area contributed by atoms with Crippen molar-refractivity contribution in [3.8, 4) is 11.6 Å². The topological polar surface area (TPSA) is 91.2 Å². The molecule has 0 saturated carbocycles. The van der Waals surface area contributed by atoms with E-state index in [1.165, 1.54) is 0 Å². The molecule has 1 amide bonds. The van der Waals surface area contributed by atoms with Gasteiger partial charge in [-0.1, -0.05) is 0 Å². The van der Waals surface area contributed by atoms with Gasteiger partial charge in [-0.05, 0) is 42.8 Å². The van der Waals surface area contributed by atoms with E-state index in [9.17, 15) is 4.79 Å². The number of amides is 1. The second-order valence-corrected chi connectivity index (χ2v) is 4.16. The van der Waals surface area contributed by atoms with Gasteiger partial charge >= 0.3 is 0 Å². The minimum atomic E-state index is -0.465. The number of carbonyl (C=O) groups excluding carboxylic acids is 1. The summed E-state index contributed by atoms with van der Waals surface area (Å²) in [6, 6.07) is 8.51. The van der Waals surface area contributed by atoms with Gasteiger partial charge in [0.1, 0.15) is 5.75 Å². The van der Waals surface area contributed by atoms with Crippen LogP contribution in [0, 0.1) is 6.92 Å². The number of aryl methyl sites for hydroxylation is 1. The molecule has 0 aliphatic heterocycles. The number of rotatable bonds is 4. The molecular formula is C14H15N3O2. The molecule has 0 bridgehead atoms. The zero-order valence-corrected chi connectivity index (χ0v) is 10.6. The lowest BCUT2D eigenvalue weighted by atomic mass is 10.2. The zero-order chi connectivity index (χ0) is 13.8. The van der Waals surface area contributed by atoms with Gasteiger partial charge in [0, 0.05) is 23.9 Å². The van der Waals surface area contributed by atoms with Crippen molar-refractivity contribution >= 4 is 5.91 Å². The molecule has 0 spiro atoms. The molecule has 1 aromatic heterocycles. The molecule has 1 aromatic carbocycles. The van der Waals surface area contributed by atoms with Gasteiger partial charge in [-0.15, -0.1) is 0 Å². The number of ether oxygens (including phenoxy) is 1. The van der Waals surface area contributed by atoms with E-state index in [-0.39, 0.29) is 0 Å². The molecule has 19 heavy (non-hydrogen) atoms. The lowest BCUT2D eigenvalue weighted by molar-refractivity contribution is 0.100. The Morgan fingerprint density at radius 1 is 1.32 bits per heavy atom. The smallest absolute Gasteiger partial charge is 0.248 e. The first-order chi connectivity index (χ1) is 9.10. The Morgan fingerprint density at radius 3 is 2.53 bits per heavy atom. The number of hydrogen-bond donors (Lipinski definition) is 2. The zero-order valence-electron chi connectivity index (χ0n) is 10.6. The molecule has 1 heterocycles. The fraction of sp³-hybridized carbons (Fsp3) is 0.143. The number of nitrogens with zero attached hydrogens (tertiary/aromatic N) is 1. The van der Waals surface area contributed by atoms with Crippen LogP contribution in [0.25, 0.3) is 0 Å². The highest BCUT2D eigenvalue weighted by atomic mass is 16.5. The van der Waals surface area contributed by atoms with Crippen molar-refractivity contribution in [1.29, 1.82) is 0 Å². The highest BCUT2D eigenvalue weighted by molar-refractivity contribution is 5.92. The molecule has 2 aromatic rings. The minimum absolute atomic E-state index is 0.440. The highest BCUT2D eigenvalue weighted by Crippen LogP contribution is 2.23. The quantitative estimate of drug-likeness (QED) is 0.872. The Morgan fingerprint density at radius 2 is 2.00 bits per heavy atom. The first-order valence-electron chi connectivity index (χ1n) is 5.83. The number of benzene rings is 1. The lowest BCUT2D eigenvalue weighted by Crippen LogP contribution is -2.10. The molecule has 2 rings (SSSR count). The van der Waals surface area contributed by atoms with Crippen LogP contribution in [0.2, 0.25) is 0 Å². The third kappa shape index (κ3) is 3.08. The summed E-state index contributed by atoms with van der Waals surface area (Å²) in [5.74, 6) is 0.651. The third-order valence-corrected chi connectivity index (χ3v) is 2.68. The fourth-order valence-electron chi connectivity index (χ4n) is 1.64. The number of nitrogens with two attached hydrogens (primary N) is 2. The third-order valence-electron chi connectivity index (χ3n) is 2.68. The van der Waals surface area contributed by atoms with Crippen LogP contribution < -0.4 is 16.2 Å². The SMILES string of the molecule is Cc1cc(CN)cnc1Oc1ccc(C(N)=O)cc1. The van der Waals surface area contributed by atoms with Crippen molar-refractivity contribution < 1.29 is 9.53 Å². The van der Waals surface area contributed by atoms with E-state index in [0.717, 1.165) is 11.1 Å². The van der Waals surface area contributed by atoms with E-state index in [1.54, 1.807) is 30.5 Å². The van der Waals surface area contributed by atoms with Crippen LogP contribution in [0.3, 0.4) is 0 Å². The average Bonchev–Trinajstić information content (AvgIpc) is 2.41. The summed E-state index contributed by atoms with van der Waals surface area (Å²) in [5, 5.41) is 0. The number of carbonyl (C=O) groups is 1. The van der Waals surface area contributed by atoms with Gasteiger partial charge in [0.05, 0.1) is 0 Å². The van der Waals surface area contributed by atoms with Crippen molar-refractivity contribution in [2.24, 2.45) is 11.5 Å². The molecule has 98 valence electrons. The molecule has 0 radical (unpaired) electrons. The van der Waals surface area contributed by atoms with E-state index < -0.39 is 5.91 Å². The Bertz CT molecular complexity index is 594. The first-order valence-corrected chi connectivity index (χ1v) is 5.83. The predicted octanol–water partition coefficient (Wildman–Crippen LogP) is 1.74. The Hall–Kier alpha value is -2.40. The van der Waals surface area contributed by atoms with Crippen molar-refractivity contribution in [1.82, 2.24) is 4.98 Å². The molecule has 5 heteroatoms. The maximum absolute atomic E-state index is 11.0. The van der Waals surface area contributed by atoms with Gasteiger partial charge in [-0.25, -0.2) is 4.98 Å². The molecule has 4 N–H and O–H groups in total. The van der Waals surface area contributed by atoms with Crippen LogP contribution in [0.1, 0.15) is 21.5 Å². The van der Waals surface area contributed by atoms with E-state index in [1.807, 2.05) is 13.0 Å². The van der Waals surface area contributed by atoms with Gasteiger partial charge in [-0.3, -0.25) is 4.79 Å². The van der Waals surface area contributed by atoms with Gasteiger partial charge in [0.15, 0.2) is 0 Å². The maximum Gasteiger partial charge on any atom is 0.248 e. The summed E-state index contributed by atoms with van der Waals surface area (Å²) in [7, 11) is 0. The van der Waals surface area contributed by atoms with E-state index in [4.69, 9.17) is 16.2 Å². The molecule has 0 atom stereocenters. The van der Waals surface area contributed by atoms with E-state index in [2.05, 4.69) is 4.98 Å². The molecule has 0 aliphatic rings. The predicted molar refractivity (Wildman–Crippen MR) is 71.9 cm³/mol. The van der Waals surface area contributed by atoms with Crippen LogP contribution in [0.4, 0.5) is 0 Å². The standard InChI is InChI=1S/C14H15N3O2/c1-9-6-10(7-15)8-17-14(9)19-12-4-2-11(3-5-12)13(16)18/h2-6,8H,7,15H2,1H3,(H2,16,18). The summed E-state index contributed by atoms with van der Waals surface area (Å²) >= 11 is 0. The summed E-state index contributed by atoms with van der Waals surface area (Å²) in [5.41, 5.74) is 13.0. The van der Waals surface area contributed by atoms with Gasteiger partial charge < -0.3 is 16.2 Å². The van der Waals surface area contributed by atoms with Gasteiger partial charge in [-0.2, -0.15) is 0 Å². The normalized spacial score (nSPS) is 10.2. The molecule has 5 nitrogen and oxygen atoms in total. The maximum atomic E-state index is 11.0. The van der Waals surface area contributed by atoms with Crippen LogP contribution in [-0.2, 0) is 6.54 Å². The summed E-state index contributed by atoms with van der Waals surface area (Å²) < 4.78 is 5.64. The van der Waals surface area contributed by atoms with Crippen molar-refractivity contribution in [2.45, 2.75) is 13.5 Å². The Labute approximate surface area is 111 Å². The summed E-state index contributed by atoms with van der Waals surface area (Å²) in [6.07, 6.45) is 1.68. The summed E-state index contributed by atoms with van der Waals surface area (Å²) in [6.45, 7) is 2.35. The highest BCUT2D eigenvalue weighted by Gasteiger charge is 2.05. The fourth-order valence-corrected chi connectivity index (χ4v) is 1.64. The molecular weight excluding hydrogens is 242 g/mol. The van der Waals surface area contributed by atoms with Crippen molar-refractivity contribution in [2.75, 3.05) is 0 Å². The van der Waals surface area contributed by atoms with Gasteiger partial charge in [0.2, 0.25) is 11.8 Å². The van der Waals surface area contributed by atoms with Crippen LogP contribution in [-0.4, -0.2) is 10.9 Å². The molecule has 0 aliphatic carbocycles. The Kier molecular flexibility index (Phi) is 3.77.